The highest BCUT2D eigenvalue weighted by atomic mass is 35.5. The van der Waals surface area contributed by atoms with Crippen LogP contribution in [0.2, 0.25) is 5.28 Å². The van der Waals surface area contributed by atoms with Gasteiger partial charge in [-0.15, -0.1) is 0 Å². The van der Waals surface area contributed by atoms with Gasteiger partial charge in [-0.25, -0.2) is 9.37 Å². The predicted molar refractivity (Wildman–Crippen MR) is 82.6 cm³/mol. The van der Waals surface area contributed by atoms with Crippen LogP contribution in [0.1, 0.15) is 24.8 Å². The molecule has 1 saturated carbocycles. The van der Waals surface area contributed by atoms with Crippen LogP contribution >= 0.6 is 11.6 Å². The summed E-state index contributed by atoms with van der Waals surface area (Å²) in [6.45, 7) is 0.549. The molecule has 1 spiro atoms. The largest absolute Gasteiger partial charge is 0.322 e. The number of non-ortho nitro benzene ring substituents is 1. The predicted octanol–water partition coefficient (Wildman–Crippen LogP) is 3.75. The van der Waals surface area contributed by atoms with Crippen LogP contribution in [-0.2, 0) is 5.41 Å². The van der Waals surface area contributed by atoms with E-state index in [1.807, 2.05) is 0 Å². The van der Waals surface area contributed by atoms with Crippen molar-refractivity contribution in [3.8, 4) is 0 Å². The molecule has 118 valence electrons. The molecule has 0 saturated heterocycles. The summed E-state index contributed by atoms with van der Waals surface area (Å²) in [4.78, 5) is 19.9. The molecule has 2 heterocycles. The highest BCUT2D eigenvalue weighted by Crippen LogP contribution is 2.55. The van der Waals surface area contributed by atoms with Crippen molar-refractivity contribution in [1.82, 2.24) is 9.97 Å². The molecular weight excluding hydrogens is 323 g/mol. The number of benzene rings is 1. The summed E-state index contributed by atoms with van der Waals surface area (Å²) in [5.74, 6) is -0.529. The number of nitro groups is 1. The fourth-order valence-corrected chi connectivity index (χ4v) is 3.65. The first-order valence-corrected chi connectivity index (χ1v) is 7.62. The molecule has 0 atom stereocenters. The fraction of sp³-hybridized carbons (Fsp3) is 0.333. The lowest BCUT2D eigenvalue weighted by atomic mass is 9.66. The zero-order valence-corrected chi connectivity index (χ0v) is 12.8. The average molecular weight is 335 g/mol. The van der Waals surface area contributed by atoms with Gasteiger partial charge in [-0.3, -0.25) is 10.1 Å². The highest BCUT2D eigenvalue weighted by molar-refractivity contribution is 6.28. The van der Waals surface area contributed by atoms with Gasteiger partial charge >= 0.3 is 0 Å². The topological polar surface area (TPSA) is 72.2 Å². The molecule has 0 unspecified atom stereocenters. The number of hydrogen-bond donors (Lipinski definition) is 0. The monoisotopic (exact) mass is 334 g/mol. The van der Waals surface area contributed by atoms with Gasteiger partial charge in [0.2, 0.25) is 5.28 Å². The summed E-state index contributed by atoms with van der Waals surface area (Å²) in [5, 5.41) is 11.0. The summed E-state index contributed by atoms with van der Waals surface area (Å²) < 4.78 is 14.2. The molecule has 0 amide bonds. The minimum atomic E-state index is -0.594. The van der Waals surface area contributed by atoms with Crippen LogP contribution in [0.15, 0.2) is 24.4 Å². The van der Waals surface area contributed by atoms with Gasteiger partial charge in [-0.2, -0.15) is 4.98 Å². The number of halogens is 2. The molecule has 23 heavy (non-hydrogen) atoms. The van der Waals surface area contributed by atoms with Crippen molar-refractivity contribution in [2.45, 2.75) is 24.7 Å². The summed E-state index contributed by atoms with van der Waals surface area (Å²) in [7, 11) is 0. The molecule has 4 rings (SSSR count). The van der Waals surface area contributed by atoms with Gasteiger partial charge < -0.3 is 4.90 Å². The van der Waals surface area contributed by atoms with Crippen LogP contribution in [0.4, 0.5) is 21.6 Å². The minimum absolute atomic E-state index is 0.0225. The number of rotatable bonds is 2. The van der Waals surface area contributed by atoms with E-state index in [-0.39, 0.29) is 22.2 Å². The van der Waals surface area contributed by atoms with E-state index in [9.17, 15) is 14.5 Å². The van der Waals surface area contributed by atoms with Crippen molar-refractivity contribution in [2.75, 3.05) is 11.4 Å². The maximum Gasteiger partial charge on any atom is 0.271 e. The van der Waals surface area contributed by atoms with E-state index >= 15 is 0 Å². The van der Waals surface area contributed by atoms with Crippen LogP contribution in [0.25, 0.3) is 0 Å². The van der Waals surface area contributed by atoms with Gasteiger partial charge in [0.15, 0.2) is 11.6 Å². The van der Waals surface area contributed by atoms with Gasteiger partial charge in [0.25, 0.3) is 5.69 Å². The second kappa shape index (κ2) is 4.86. The Balaban J connectivity index is 1.89. The summed E-state index contributed by atoms with van der Waals surface area (Å²) in [6, 6.07) is 4.77. The SMILES string of the molecule is O=[N+]([O-])c1ccc2c(c1)N(c1nc(Cl)ncc1F)CC21CCC1. The number of hydrogen-bond acceptors (Lipinski definition) is 5. The van der Waals surface area contributed by atoms with Crippen molar-refractivity contribution < 1.29 is 9.31 Å². The van der Waals surface area contributed by atoms with Crippen LogP contribution in [0, 0.1) is 15.9 Å². The Morgan fingerprint density at radius 1 is 1.39 bits per heavy atom. The van der Waals surface area contributed by atoms with Crippen molar-refractivity contribution in [3.63, 3.8) is 0 Å². The molecule has 0 N–H and O–H groups in total. The smallest absolute Gasteiger partial charge is 0.271 e. The first kappa shape index (κ1) is 14.3. The van der Waals surface area contributed by atoms with Crippen molar-refractivity contribution in [3.05, 3.63) is 51.2 Å². The molecule has 1 aromatic heterocycles. The third kappa shape index (κ3) is 2.07. The molecular formula is C15H12ClFN4O2. The molecule has 2 aromatic rings. The molecule has 6 nitrogen and oxygen atoms in total. The van der Waals surface area contributed by atoms with E-state index < -0.39 is 10.7 Å². The summed E-state index contributed by atoms with van der Waals surface area (Å²) in [6.07, 6.45) is 4.08. The molecule has 0 radical (unpaired) electrons. The normalized spacial score (nSPS) is 17.9. The second-order valence-corrected chi connectivity index (χ2v) is 6.33. The maximum atomic E-state index is 14.2. The summed E-state index contributed by atoms with van der Waals surface area (Å²) >= 11 is 5.80. The minimum Gasteiger partial charge on any atom is -0.322 e. The Labute approximate surface area is 136 Å². The number of nitro benzene ring substituents is 1. The number of anilines is 2. The average Bonchev–Trinajstić information content (AvgIpc) is 2.84. The lowest BCUT2D eigenvalue weighted by Crippen LogP contribution is -2.38. The zero-order chi connectivity index (χ0) is 16.2. The van der Waals surface area contributed by atoms with Gasteiger partial charge in [0, 0.05) is 24.1 Å². The van der Waals surface area contributed by atoms with Gasteiger partial charge in [0.1, 0.15) is 0 Å². The Hall–Kier alpha value is -2.28. The van der Waals surface area contributed by atoms with E-state index in [2.05, 4.69) is 9.97 Å². The lowest BCUT2D eigenvalue weighted by molar-refractivity contribution is -0.384. The van der Waals surface area contributed by atoms with Crippen LogP contribution < -0.4 is 4.90 Å². The number of nitrogens with zero attached hydrogens (tertiary/aromatic N) is 4. The van der Waals surface area contributed by atoms with E-state index in [0.717, 1.165) is 31.0 Å². The highest BCUT2D eigenvalue weighted by Gasteiger charge is 2.48. The second-order valence-electron chi connectivity index (χ2n) is 5.99. The third-order valence-corrected chi connectivity index (χ3v) is 4.96. The van der Waals surface area contributed by atoms with Crippen LogP contribution in [-0.4, -0.2) is 21.4 Å². The van der Waals surface area contributed by atoms with Gasteiger partial charge in [-0.1, -0.05) is 6.42 Å². The van der Waals surface area contributed by atoms with Gasteiger partial charge in [-0.05, 0) is 36.1 Å². The Morgan fingerprint density at radius 2 is 2.17 bits per heavy atom. The third-order valence-electron chi connectivity index (χ3n) is 4.78. The molecule has 8 heteroatoms. The molecule has 2 aliphatic rings. The number of fused-ring (bicyclic) bond motifs is 2. The molecule has 1 fully saturated rings. The van der Waals surface area contributed by atoms with Crippen molar-refractivity contribution >= 4 is 28.8 Å². The number of aromatic nitrogens is 2. The van der Waals surface area contributed by atoms with Gasteiger partial charge in [0.05, 0.1) is 16.8 Å². The zero-order valence-electron chi connectivity index (χ0n) is 12.0. The first-order valence-electron chi connectivity index (χ1n) is 7.25. The first-order chi connectivity index (χ1) is 11.0. The fourth-order valence-electron chi connectivity index (χ4n) is 3.52. The lowest BCUT2D eigenvalue weighted by Gasteiger charge is -2.39. The Morgan fingerprint density at radius 3 is 2.83 bits per heavy atom. The van der Waals surface area contributed by atoms with E-state index in [4.69, 9.17) is 11.6 Å². The Kier molecular flexibility index (Phi) is 3.02. The molecule has 1 aromatic carbocycles. The van der Waals surface area contributed by atoms with Crippen LogP contribution in [0.5, 0.6) is 0 Å². The quantitative estimate of drug-likeness (QED) is 0.475. The molecule has 1 aliphatic carbocycles. The van der Waals surface area contributed by atoms with Crippen molar-refractivity contribution in [2.24, 2.45) is 0 Å². The molecule has 0 bridgehead atoms. The standard InChI is InChI=1S/C15H12ClFN4O2/c16-14-18-7-11(17)13(19-14)20-8-15(4-1-5-15)10-3-2-9(21(22)23)6-12(10)20/h2-3,6-7H,1,4-5,8H2. The van der Waals surface area contributed by atoms with E-state index in [1.165, 1.54) is 12.1 Å². The van der Waals surface area contributed by atoms with E-state index in [0.29, 0.717) is 12.2 Å². The molecule has 1 aliphatic heterocycles. The van der Waals surface area contributed by atoms with E-state index in [1.54, 1.807) is 11.0 Å². The van der Waals surface area contributed by atoms with Crippen molar-refractivity contribution in [1.29, 1.82) is 0 Å². The Bertz CT molecular complexity index is 825. The van der Waals surface area contributed by atoms with Crippen LogP contribution in [0.3, 0.4) is 0 Å². The summed E-state index contributed by atoms with van der Waals surface area (Å²) in [5.41, 5.74) is 1.55. The maximum absolute atomic E-state index is 14.2.